The van der Waals surface area contributed by atoms with Gasteiger partial charge >= 0.3 is 0 Å². The van der Waals surface area contributed by atoms with Crippen molar-refractivity contribution in [3.8, 4) is 0 Å². The third-order valence-electron chi connectivity index (χ3n) is 2.01. The summed E-state index contributed by atoms with van der Waals surface area (Å²) in [6.07, 6.45) is -2.29. The molecule has 6 heteroatoms. The Labute approximate surface area is 98.5 Å². The normalized spacial score (nSPS) is 11.6. The van der Waals surface area contributed by atoms with E-state index >= 15 is 0 Å². The van der Waals surface area contributed by atoms with Gasteiger partial charge in [0.1, 0.15) is 5.01 Å². The third-order valence-corrected chi connectivity index (χ3v) is 2.90. The highest BCUT2D eigenvalue weighted by Crippen LogP contribution is 2.11. The first-order valence-corrected chi connectivity index (χ1v) is 6.10. The van der Waals surface area contributed by atoms with E-state index in [-0.39, 0.29) is 6.54 Å². The van der Waals surface area contributed by atoms with Gasteiger partial charge in [0.25, 0.3) is 6.43 Å². The summed E-state index contributed by atoms with van der Waals surface area (Å²) < 4.78 is 24.2. The molecule has 0 spiro atoms. The van der Waals surface area contributed by atoms with Gasteiger partial charge in [0.05, 0.1) is 12.2 Å². The Balaban J connectivity index is 2.39. The molecule has 0 aliphatic carbocycles. The fourth-order valence-electron chi connectivity index (χ4n) is 1.31. The molecular formula is C10H17F2N3S. The molecule has 1 rings (SSSR count). The van der Waals surface area contributed by atoms with Crippen LogP contribution in [0.2, 0.25) is 0 Å². The number of nitrogens with one attached hydrogen (secondary N) is 1. The number of alkyl halides is 2. The number of rotatable bonds is 7. The molecule has 0 aromatic carbocycles. The van der Waals surface area contributed by atoms with Gasteiger partial charge in [-0.2, -0.15) is 0 Å². The molecule has 0 aliphatic heterocycles. The topological polar surface area (TPSA) is 28.2 Å². The van der Waals surface area contributed by atoms with Crippen molar-refractivity contribution < 1.29 is 8.78 Å². The van der Waals surface area contributed by atoms with Crippen LogP contribution in [0.3, 0.4) is 0 Å². The van der Waals surface area contributed by atoms with Crippen molar-refractivity contribution in [2.24, 2.45) is 0 Å². The second kappa shape index (κ2) is 6.88. The first kappa shape index (κ1) is 13.5. The van der Waals surface area contributed by atoms with Gasteiger partial charge in [-0.3, -0.25) is 4.90 Å². The summed E-state index contributed by atoms with van der Waals surface area (Å²) >= 11 is 1.56. The van der Waals surface area contributed by atoms with E-state index < -0.39 is 6.43 Å². The van der Waals surface area contributed by atoms with Crippen molar-refractivity contribution in [3.05, 3.63) is 16.1 Å². The predicted octanol–water partition coefficient (Wildman–Crippen LogP) is 1.95. The Kier molecular flexibility index (Phi) is 5.79. The van der Waals surface area contributed by atoms with Gasteiger partial charge in [-0.05, 0) is 13.6 Å². The molecule has 1 heterocycles. The van der Waals surface area contributed by atoms with Gasteiger partial charge < -0.3 is 5.32 Å². The van der Waals surface area contributed by atoms with Crippen molar-refractivity contribution in [1.82, 2.24) is 15.2 Å². The average Bonchev–Trinajstić information content (AvgIpc) is 2.61. The standard InChI is InChI=1S/C10H17F2N3S/c1-3-13-4-10-14-8(7-16-10)5-15(2)6-9(11)12/h7,9,13H,3-6H2,1-2H3. The number of thiazole rings is 1. The molecule has 0 saturated heterocycles. The van der Waals surface area contributed by atoms with E-state index in [0.717, 1.165) is 23.8 Å². The lowest BCUT2D eigenvalue weighted by Gasteiger charge is -2.13. The molecule has 0 bridgehead atoms. The zero-order chi connectivity index (χ0) is 12.0. The molecule has 0 atom stereocenters. The zero-order valence-electron chi connectivity index (χ0n) is 9.54. The minimum Gasteiger partial charge on any atom is -0.311 e. The highest BCUT2D eigenvalue weighted by molar-refractivity contribution is 7.09. The van der Waals surface area contributed by atoms with Gasteiger partial charge in [-0.15, -0.1) is 11.3 Å². The zero-order valence-corrected chi connectivity index (χ0v) is 10.4. The second-order valence-electron chi connectivity index (χ2n) is 3.60. The van der Waals surface area contributed by atoms with Crippen LogP contribution in [0.25, 0.3) is 0 Å². The van der Waals surface area contributed by atoms with Crippen LogP contribution in [0, 0.1) is 0 Å². The van der Waals surface area contributed by atoms with Crippen molar-refractivity contribution in [2.45, 2.75) is 26.4 Å². The molecule has 1 aromatic heterocycles. The summed E-state index contributed by atoms with van der Waals surface area (Å²) in [5, 5.41) is 6.11. The fourth-order valence-corrected chi connectivity index (χ4v) is 2.07. The van der Waals surface area contributed by atoms with E-state index in [1.165, 1.54) is 0 Å². The number of aromatic nitrogens is 1. The lowest BCUT2D eigenvalue weighted by Crippen LogP contribution is -2.24. The Hall–Kier alpha value is -0.590. The molecule has 92 valence electrons. The molecule has 16 heavy (non-hydrogen) atoms. The van der Waals surface area contributed by atoms with Gasteiger partial charge in [0.15, 0.2) is 0 Å². The van der Waals surface area contributed by atoms with Crippen LogP contribution < -0.4 is 5.32 Å². The number of hydrogen-bond acceptors (Lipinski definition) is 4. The molecule has 3 nitrogen and oxygen atoms in total. The maximum Gasteiger partial charge on any atom is 0.251 e. The predicted molar refractivity (Wildman–Crippen MR) is 61.8 cm³/mol. The Morgan fingerprint density at radius 3 is 2.94 bits per heavy atom. The van der Waals surface area contributed by atoms with Crippen molar-refractivity contribution in [2.75, 3.05) is 20.1 Å². The Morgan fingerprint density at radius 1 is 1.56 bits per heavy atom. The third kappa shape index (κ3) is 4.96. The van der Waals surface area contributed by atoms with Crippen LogP contribution in [0.1, 0.15) is 17.6 Å². The summed E-state index contributed by atoms with van der Waals surface area (Å²) in [7, 11) is 1.68. The van der Waals surface area contributed by atoms with Gasteiger partial charge in [-0.1, -0.05) is 6.92 Å². The second-order valence-corrected chi connectivity index (χ2v) is 4.54. The highest BCUT2D eigenvalue weighted by atomic mass is 32.1. The molecule has 1 aromatic rings. The maximum atomic E-state index is 12.1. The first-order valence-electron chi connectivity index (χ1n) is 5.22. The van der Waals surface area contributed by atoms with E-state index in [4.69, 9.17) is 0 Å². The lowest BCUT2D eigenvalue weighted by molar-refractivity contribution is 0.0971. The summed E-state index contributed by atoms with van der Waals surface area (Å²) in [6, 6.07) is 0. The minimum absolute atomic E-state index is 0.208. The van der Waals surface area contributed by atoms with E-state index in [1.54, 1.807) is 23.3 Å². The van der Waals surface area contributed by atoms with Crippen molar-refractivity contribution in [3.63, 3.8) is 0 Å². The molecular weight excluding hydrogens is 232 g/mol. The SMILES string of the molecule is CCNCc1nc(CN(C)CC(F)F)cs1. The first-order chi connectivity index (χ1) is 7.61. The van der Waals surface area contributed by atoms with Crippen molar-refractivity contribution >= 4 is 11.3 Å². The van der Waals surface area contributed by atoms with Gasteiger partial charge in [0, 0.05) is 18.5 Å². The summed E-state index contributed by atoms with van der Waals surface area (Å²) in [4.78, 5) is 5.94. The van der Waals surface area contributed by atoms with E-state index in [2.05, 4.69) is 10.3 Å². The average molecular weight is 249 g/mol. The summed E-state index contributed by atoms with van der Waals surface area (Å²) in [6.45, 7) is 3.96. The molecule has 0 aliphatic rings. The molecule has 0 amide bonds. The van der Waals surface area contributed by atoms with Crippen molar-refractivity contribution in [1.29, 1.82) is 0 Å². The van der Waals surface area contributed by atoms with Crippen LogP contribution in [-0.4, -0.2) is 36.4 Å². The monoisotopic (exact) mass is 249 g/mol. The maximum absolute atomic E-state index is 12.1. The highest BCUT2D eigenvalue weighted by Gasteiger charge is 2.09. The van der Waals surface area contributed by atoms with Crippen LogP contribution in [0.5, 0.6) is 0 Å². The molecule has 0 radical (unpaired) electrons. The molecule has 0 fully saturated rings. The van der Waals surface area contributed by atoms with E-state index in [1.807, 2.05) is 12.3 Å². The molecule has 0 unspecified atom stereocenters. The van der Waals surface area contributed by atoms with Crippen LogP contribution in [-0.2, 0) is 13.1 Å². The lowest BCUT2D eigenvalue weighted by atomic mass is 10.4. The van der Waals surface area contributed by atoms with E-state index in [0.29, 0.717) is 6.54 Å². The fraction of sp³-hybridized carbons (Fsp3) is 0.700. The Morgan fingerprint density at radius 2 is 2.31 bits per heavy atom. The van der Waals surface area contributed by atoms with Gasteiger partial charge in [-0.25, -0.2) is 13.8 Å². The van der Waals surface area contributed by atoms with Crippen LogP contribution in [0.15, 0.2) is 5.38 Å². The molecule has 0 saturated carbocycles. The van der Waals surface area contributed by atoms with Crippen LogP contribution in [0.4, 0.5) is 8.78 Å². The van der Waals surface area contributed by atoms with Crippen LogP contribution >= 0.6 is 11.3 Å². The van der Waals surface area contributed by atoms with E-state index in [9.17, 15) is 8.78 Å². The number of halogens is 2. The number of hydrogen-bond donors (Lipinski definition) is 1. The molecule has 1 N–H and O–H groups in total. The largest absolute Gasteiger partial charge is 0.311 e. The number of nitrogens with zero attached hydrogens (tertiary/aromatic N) is 2. The minimum atomic E-state index is -2.29. The smallest absolute Gasteiger partial charge is 0.251 e. The summed E-state index contributed by atoms with van der Waals surface area (Å²) in [5.41, 5.74) is 0.862. The van der Waals surface area contributed by atoms with Gasteiger partial charge in [0.2, 0.25) is 0 Å². The Bertz CT molecular complexity index is 304. The summed E-state index contributed by atoms with van der Waals surface area (Å²) in [5.74, 6) is 0. The quantitative estimate of drug-likeness (QED) is 0.800.